The first-order chi connectivity index (χ1) is 19.0. The van der Waals surface area contributed by atoms with Crippen molar-refractivity contribution in [3.8, 4) is 0 Å². The monoisotopic (exact) mass is 545 g/mol. The van der Waals surface area contributed by atoms with Crippen LogP contribution in [-0.2, 0) is 4.74 Å². The average Bonchev–Trinajstić information content (AvgIpc) is 3.27. The molecule has 2 aliphatic heterocycles. The summed E-state index contributed by atoms with van der Waals surface area (Å²) in [6, 6.07) is 4.88. The number of carbonyl (C=O) groups excluding carboxylic acids is 2. The molecule has 0 aliphatic carbocycles. The van der Waals surface area contributed by atoms with Crippen LogP contribution in [0.2, 0.25) is 0 Å². The summed E-state index contributed by atoms with van der Waals surface area (Å²) in [5.74, 6) is -0.932. The molecule has 1 spiro atoms. The highest BCUT2D eigenvalue weighted by molar-refractivity contribution is 6.13. The van der Waals surface area contributed by atoms with Crippen molar-refractivity contribution in [2.45, 2.75) is 58.1 Å². The molecule has 0 saturated carbocycles. The molecule has 2 amide bonds. The molecule has 1 aromatic carbocycles. The molecule has 10 nitrogen and oxygen atoms in total. The SMILES string of the molecule is Cc1cn2cc(NC(=O)c3ccc(N4CCC5(CC4)CCN5C(=O)OC(C)(C)C)c4nccnc34)cc(F)c2n1. The van der Waals surface area contributed by atoms with Crippen molar-refractivity contribution in [1.82, 2.24) is 24.3 Å². The lowest BCUT2D eigenvalue weighted by molar-refractivity contribution is -0.0541. The fourth-order valence-electron chi connectivity index (χ4n) is 5.75. The summed E-state index contributed by atoms with van der Waals surface area (Å²) in [7, 11) is 0. The Kier molecular flexibility index (Phi) is 6.12. The van der Waals surface area contributed by atoms with Gasteiger partial charge in [0, 0.05) is 50.5 Å². The number of rotatable bonds is 3. The minimum absolute atomic E-state index is 0.176. The van der Waals surface area contributed by atoms with Gasteiger partial charge in [0.05, 0.1) is 28.2 Å². The van der Waals surface area contributed by atoms with E-state index in [2.05, 4.69) is 25.2 Å². The third-order valence-electron chi connectivity index (χ3n) is 7.76. The lowest BCUT2D eigenvalue weighted by Gasteiger charge is -2.56. The van der Waals surface area contributed by atoms with E-state index in [-0.39, 0.29) is 17.3 Å². The Bertz CT molecular complexity index is 1640. The molecule has 208 valence electrons. The van der Waals surface area contributed by atoms with E-state index in [1.165, 1.54) is 6.07 Å². The Hall–Kier alpha value is -4.28. The van der Waals surface area contributed by atoms with Crippen LogP contribution < -0.4 is 10.2 Å². The molecule has 6 rings (SSSR count). The van der Waals surface area contributed by atoms with E-state index in [1.54, 1.807) is 42.2 Å². The molecular formula is C29H32FN7O3. The highest BCUT2D eigenvalue weighted by Gasteiger charge is 2.50. The quantitative estimate of drug-likeness (QED) is 0.388. The van der Waals surface area contributed by atoms with E-state index >= 15 is 0 Å². The summed E-state index contributed by atoms with van der Waals surface area (Å²) < 4.78 is 21.7. The number of ether oxygens (including phenoxy) is 1. The van der Waals surface area contributed by atoms with Gasteiger partial charge in [-0.15, -0.1) is 0 Å². The van der Waals surface area contributed by atoms with Crippen molar-refractivity contribution in [3.63, 3.8) is 0 Å². The third-order valence-corrected chi connectivity index (χ3v) is 7.76. The molecule has 0 atom stereocenters. The molecule has 2 fully saturated rings. The van der Waals surface area contributed by atoms with Crippen LogP contribution in [0.4, 0.5) is 20.6 Å². The number of amides is 2. The predicted molar refractivity (Wildman–Crippen MR) is 149 cm³/mol. The number of imidazole rings is 1. The molecule has 0 radical (unpaired) electrons. The lowest BCUT2D eigenvalue weighted by Crippen LogP contribution is -2.66. The number of nitrogens with one attached hydrogen (secondary N) is 1. The van der Waals surface area contributed by atoms with Gasteiger partial charge in [-0.3, -0.25) is 14.8 Å². The van der Waals surface area contributed by atoms with Crippen LogP contribution >= 0.6 is 0 Å². The maximum absolute atomic E-state index is 14.6. The Morgan fingerprint density at radius 2 is 1.73 bits per heavy atom. The van der Waals surface area contributed by atoms with Gasteiger partial charge < -0.3 is 24.3 Å². The van der Waals surface area contributed by atoms with E-state index in [1.807, 2.05) is 31.7 Å². The summed E-state index contributed by atoms with van der Waals surface area (Å²) >= 11 is 0. The minimum Gasteiger partial charge on any atom is -0.444 e. The maximum atomic E-state index is 14.6. The lowest BCUT2D eigenvalue weighted by atomic mass is 9.76. The van der Waals surface area contributed by atoms with Gasteiger partial charge in [0.15, 0.2) is 11.5 Å². The molecule has 1 N–H and O–H groups in total. The molecule has 0 bridgehead atoms. The summed E-state index contributed by atoms with van der Waals surface area (Å²) in [4.78, 5) is 43.4. The number of piperidine rings is 1. The summed E-state index contributed by atoms with van der Waals surface area (Å²) in [5.41, 5.74) is 2.81. The number of fused-ring (bicyclic) bond motifs is 2. The number of nitrogens with zero attached hydrogens (tertiary/aromatic N) is 6. The van der Waals surface area contributed by atoms with Gasteiger partial charge in [0.2, 0.25) is 0 Å². The number of benzene rings is 1. The van der Waals surface area contributed by atoms with Crippen LogP contribution in [0.25, 0.3) is 16.7 Å². The third kappa shape index (κ3) is 4.59. The standard InChI is InChI=1S/C29H32FN7O3/c1-18-16-36-17-19(15-21(30)25(36)33-18)34-26(38)20-5-6-22(24-23(20)31-10-11-32-24)35-12-7-29(8-13-35)9-14-37(29)27(39)40-28(2,3)4/h5-6,10-11,15-17H,7-9,12-14H2,1-4H3,(H,34,38). The Morgan fingerprint density at radius 1 is 1.02 bits per heavy atom. The van der Waals surface area contributed by atoms with Crippen LogP contribution in [0.3, 0.4) is 0 Å². The highest BCUT2D eigenvalue weighted by atomic mass is 19.1. The number of hydrogen-bond donors (Lipinski definition) is 1. The zero-order chi connectivity index (χ0) is 28.2. The highest BCUT2D eigenvalue weighted by Crippen LogP contribution is 2.42. The summed E-state index contributed by atoms with van der Waals surface area (Å²) in [6.45, 7) is 9.61. The Balaban J connectivity index is 1.22. The predicted octanol–water partition coefficient (Wildman–Crippen LogP) is 4.96. The van der Waals surface area contributed by atoms with Crippen LogP contribution in [-0.4, -0.2) is 67.0 Å². The van der Waals surface area contributed by atoms with E-state index in [4.69, 9.17) is 4.74 Å². The topological polar surface area (TPSA) is 105 Å². The van der Waals surface area contributed by atoms with Gasteiger partial charge in [-0.1, -0.05) is 0 Å². The fraction of sp³-hybridized carbons (Fsp3) is 0.414. The molecular weight excluding hydrogens is 513 g/mol. The van der Waals surface area contributed by atoms with Crippen molar-refractivity contribution < 1.29 is 18.7 Å². The number of pyridine rings is 1. The van der Waals surface area contributed by atoms with Crippen molar-refractivity contribution in [1.29, 1.82) is 0 Å². The molecule has 3 aromatic heterocycles. The zero-order valence-corrected chi connectivity index (χ0v) is 23.1. The Morgan fingerprint density at radius 3 is 2.40 bits per heavy atom. The number of aromatic nitrogens is 4. The van der Waals surface area contributed by atoms with E-state index < -0.39 is 17.3 Å². The first-order valence-corrected chi connectivity index (χ1v) is 13.5. The number of aryl methyl sites for hydroxylation is 1. The van der Waals surface area contributed by atoms with Crippen molar-refractivity contribution in [2.24, 2.45) is 0 Å². The van der Waals surface area contributed by atoms with Crippen LogP contribution in [0.5, 0.6) is 0 Å². The van der Waals surface area contributed by atoms with Crippen molar-refractivity contribution in [3.05, 3.63) is 60.1 Å². The molecule has 2 aliphatic rings. The number of carbonyl (C=O) groups is 2. The van der Waals surface area contributed by atoms with Gasteiger partial charge in [-0.2, -0.15) is 0 Å². The number of anilines is 2. The van der Waals surface area contributed by atoms with Crippen LogP contribution in [0, 0.1) is 12.7 Å². The zero-order valence-electron chi connectivity index (χ0n) is 23.1. The molecule has 0 unspecified atom stereocenters. The van der Waals surface area contributed by atoms with Gasteiger partial charge in [-0.05, 0) is 59.1 Å². The molecule has 5 heterocycles. The van der Waals surface area contributed by atoms with E-state index in [0.717, 1.165) is 38.0 Å². The first kappa shape index (κ1) is 26.0. The van der Waals surface area contributed by atoms with Crippen molar-refractivity contribution >= 4 is 40.1 Å². The largest absolute Gasteiger partial charge is 0.444 e. The Labute approximate surface area is 231 Å². The second kappa shape index (κ2) is 9.42. The van der Waals surface area contributed by atoms with E-state index in [0.29, 0.717) is 34.5 Å². The summed E-state index contributed by atoms with van der Waals surface area (Å²) in [6.07, 6.45) is 8.84. The molecule has 11 heteroatoms. The van der Waals surface area contributed by atoms with Gasteiger partial charge in [0.25, 0.3) is 5.91 Å². The molecule has 40 heavy (non-hydrogen) atoms. The van der Waals surface area contributed by atoms with Gasteiger partial charge in [-0.25, -0.2) is 14.2 Å². The number of likely N-dealkylation sites (tertiary alicyclic amines) is 1. The van der Waals surface area contributed by atoms with Gasteiger partial charge in [0.1, 0.15) is 16.6 Å². The second-order valence-electron chi connectivity index (χ2n) is 11.6. The smallest absolute Gasteiger partial charge is 0.410 e. The fourth-order valence-corrected chi connectivity index (χ4v) is 5.75. The minimum atomic E-state index is -0.528. The van der Waals surface area contributed by atoms with Gasteiger partial charge >= 0.3 is 6.09 Å². The second-order valence-corrected chi connectivity index (χ2v) is 11.6. The normalized spacial score (nSPS) is 16.8. The number of hydrogen-bond acceptors (Lipinski definition) is 7. The molecule has 4 aromatic rings. The average molecular weight is 546 g/mol. The maximum Gasteiger partial charge on any atom is 0.410 e. The van der Waals surface area contributed by atoms with Crippen LogP contribution in [0.15, 0.2) is 43.0 Å². The first-order valence-electron chi connectivity index (χ1n) is 13.5. The van der Waals surface area contributed by atoms with E-state index in [9.17, 15) is 14.0 Å². The van der Waals surface area contributed by atoms with Crippen LogP contribution in [0.1, 0.15) is 56.1 Å². The van der Waals surface area contributed by atoms with Crippen molar-refractivity contribution in [2.75, 3.05) is 29.9 Å². The molecule has 2 saturated heterocycles. The summed E-state index contributed by atoms with van der Waals surface area (Å²) in [5, 5.41) is 2.79. The number of halogens is 1.